The van der Waals surface area contributed by atoms with Crippen molar-refractivity contribution >= 4 is 15.9 Å². The lowest BCUT2D eigenvalue weighted by Crippen LogP contribution is -2.43. The average Bonchev–Trinajstić information content (AvgIpc) is 2.89. The van der Waals surface area contributed by atoms with E-state index in [4.69, 9.17) is 4.74 Å². The Morgan fingerprint density at radius 2 is 1.79 bits per heavy atom. The summed E-state index contributed by atoms with van der Waals surface area (Å²) in [5.41, 5.74) is 3.73. The van der Waals surface area contributed by atoms with Crippen molar-refractivity contribution in [1.82, 2.24) is 9.62 Å². The van der Waals surface area contributed by atoms with Gasteiger partial charge in [0.2, 0.25) is 10.0 Å². The zero-order valence-electron chi connectivity index (χ0n) is 14.9. The van der Waals surface area contributed by atoms with E-state index in [2.05, 4.69) is 5.32 Å². The molecule has 1 fully saturated rings. The molecular weight excluding hydrogens is 328 g/mol. The molecule has 2 rings (SSSR count). The molecular formula is C17H26N2O4S. The highest BCUT2D eigenvalue weighted by atomic mass is 32.2. The second-order valence-corrected chi connectivity index (χ2v) is 8.92. The number of benzene rings is 1. The van der Waals surface area contributed by atoms with E-state index in [-0.39, 0.29) is 23.6 Å². The third-order valence-electron chi connectivity index (χ3n) is 4.58. The topological polar surface area (TPSA) is 75.7 Å². The fourth-order valence-corrected chi connectivity index (χ4v) is 3.96. The minimum absolute atomic E-state index is 0.0309. The Hall–Kier alpha value is -1.44. The van der Waals surface area contributed by atoms with Gasteiger partial charge >= 0.3 is 0 Å². The Morgan fingerprint density at radius 3 is 2.42 bits per heavy atom. The Kier molecular flexibility index (Phi) is 5.67. The second kappa shape index (κ2) is 7.21. The van der Waals surface area contributed by atoms with Crippen molar-refractivity contribution in [1.29, 1.82) is 0 Å². The maximum absolute atomic E-state index is 12.6. The molecule has 7 heteroatoms. The Bertz CT molecular complexity index is 728. The van der Waals surface area contributed by atoms with Gasteiger partial charge in [0.15, 0.2) is 0 Å². The van der Waals surface area contributed by atoms with Crippen LogP contribution in [0.15, 0.2) is 12.1 Å². The van der Waals surface area contributed by atoms with Gasteiger partial charge in [-0.2, -0.15) is 0 Å². The highest BCUT2D eigenvalue weighted by Gasteiger charge is 2.34. The lowest BCUT2D eigenvalue weighted by molar-refractivity contribution is 0.0925. The molecule has 1 amide bonds. The largest absolute Gasteiger partial charge is 0.379 e. The number of nitrogens with zero attached hydrogens (tertiary/aromatic N) is 1. The summed E-state index contributed by atoms with van der Waals surface area (Å²) in [6.45, 7) is 6.56. The van der Waals surface area contributed by atoms with E-state index in [1.165, 1.54) is 18.4 Å². The van der Waals surface area contributed by atoms with Crippen molar-refractivity contribution in [3.8, 4) is 0 Å². The molecule has 2 atom stereocenters. The van der Waals surface area contributed by atoms with E-state index in [9.17, 15) is 13.2 Å². The molecule has 0 radical (unpaired) electrons. The SMILES string of the molecule is Cc1cc(C)c(C(=O)N[C@@H]2COC[C@H]2CS(=O)(=O)N(C)C)cc1C. The van der Waals surface area contributed by atoms with Crippen LogP contribution in [0.1, 0.15) is 27.0 Å². The Morgan fingerprint density at radius 1 is 1.17 bits per heavy atom. The first-order chi connectivity index (χ1) is 11.1. The zero-order chi connectivity index (χ0) is 18.1. The molecule has 0 unspecified atom stereocenters. The van der Waals surface area contributed by atoms with Gasteiger partial charge in [-0.3, -0.25) is 4.79 Å². The van der Waals surface area contributed by atoms with Crippen LogP contribution in [-0.2, 0) is 14.8 Å². The van der Waals surface area contributed by atoms with Gasteiger partial charge in [-0.25, -0.2) is 12.7 Å². The van der Waals surface area contributed by atoms with E-state index in [1.807, 2.05) is 32.9 Å². The number of hydrogen-bond donors (Lipinski definition) is 1. The van der Waals surface area contributed by atoms with Crippen molar-refractivity contribution in [3.05, 3.63) is 34.4 Å². The van der Waals surface area contributed by atoms with E-state index in [1.54, 1.807) is 0 Å². The maximum atomic E-state index is 12.6. The predicted molar refractivity (Wildman–Crippen MR) is 93.7 cm³/mol. The van der Waals surface area contributed by atoms with E-state index in [0.29, 0.717) is 18.8 Å². The van der Waals surface area contributed by atoms with Crippen LogP contribution in [0, 0.1) is 26.7 Å². The van der Waals surface area contributed by atoms with Crippen LogP contribution in [0.2, 0.25) is 0 Å². The lowest BCUT2D eigenvalue weighted by Gasteiger charge is -2.21. The molecule has 1 N–H and O–H groups in total. The van der Waals surface area contributed by atoms with Crippen LogP contribution >= 0.6 is 0 Å². The van der Waals surface area contributed by atoms with Crippen molar-refractivity contribution in [2.45, 2.75) is 26.8 Å². The number of hydrogen-bond acceptors (Lipinski definition) is 4. The first-order valence-electron chi connectivity index (χ1n) is 7.98. The second-order valence-electron chi connectivity index (χ2n) is 6.69. The molecule has 1 heterocycles. The number of amides is 1. The number of aryl methyl sites for hydroxylation is 3. The summed E-state index contributed by atoms with van der Waals surface area (Å²) in [7, 11) is -0.311. The third-order valence-corrected chi connectivity index (χ3v) is 6.54. The summed E-state index contributed by atoms with van der Waals surface area (Å²) in [4.78, 5) is 12.6. The van der Waals surface area contributed by atoms with Gasteiger partial charge < -0.3 is 10.1 Å². The van der Waals surface area contributed by atoms with Gasteiger partial charge in [0.05, 0.1) is 25.0 Å². The smallest absolute Gasteiger partial charge is 0.251 e. The standard InChI is InChI=1S/C17H26N2O4S/c1-11-6-13(3)15(7-12(11)2)17(20)18-16-9-23-8-14(16)10-24(21,22)19(4)5/h6-7,14,16H,8-10H2,1-5H3,(H,18,20)/t14-,16+/m0/s1. The van der Waals surface area contributed by atoms with Crippen molar-refractivity contribution < 1.29 is 17.9 Å². The molecule has 0 saturated carbocycles. The van der Waals surface area contributed by atoms with E-state index in [0.717, 1.165) is 16.7 Å². The van der Waals surface area contributed by atoms with E-state index >= 15 is 0 Å². The van der Waals surface area contributed by atoms with Gasteiger partial charge in [-0.05, 0) is 43.5 Å². The Labute approximate surface area is 144 Å². The van der Waals surface area contributed by atoms with Gasteiger partial charge in [-0.15, -0.1) is 0 Å². The molecule has 134 valence electrons. The van der Waals surface area contributed by atoms with Crippen LogP contribution in [0.25, 0.3) is 0 Å². The van der Waals surface area contributed by atoms with Gasteiger partial charge in [0.25, 0.3) is 5.91 Å². The highest BCUT2D eigenvalue weighted by molar-refractivity contribution is 7.89. The van der Waals surface area contributed by atoms with E-state index < -0.39 is 10.0 Å². The molecule has 0 aromatic heterocycles. The summed E-state index contributed by atoms with van der Waals surface area (Å²) >= 11 is 0. The van der Waals surface area contributed by atoms with Crippen LogP contribution in [0.4, 0.5) is 0 Å². The van der Waals surface area contributed by atoms with Gasteiger partial charge in [0, 0.05) is 25.6 Å². The van der Waals surface area contributed by atoms with Crippen molar-refractivity contribution in [3.63, 3.8) is 0 Å². The molecule has 6 nitrogen and oxygen atoms in total. The molecule has 1 aliphatic rings. The summed E-state index contributed by atoms with van der Waals surface area (Å²) in [5, 5.41) is 2.95. The van der Waals surface area contributed by atoms with Crippen LogP contribution in [0.5, 0.6) is 0 Å². The number of ether oxygens (including phenoxy) is 1. The normalized spacial score (nSPS) is 21.2. The molecule has 24 heavy (non-hydrogen) atoms. The Balaban J connectivity index is 2.12. The maximum Gasteiger partial charge on any atom is 0.251 e. The van der Waals surface area contributed by atoms with Crippen LogP contribution < -0.4 is 5.32 Å². The summed E-state index contributed by atoms with van der Waals surface area (Å²) in [5.74, 6) is -0.455. The molecule has 0 aliphatic carbocycles. The summed E-state index contributed by atoms with van der Waals surface area (Å²) in [6, 6.07) is 3.57. The average molecular weight is 354 g/mol. The van der Waals surface area contributed by atoms with Gasteiger partial charge in [0.1, 0.15) is 0 Å². The lowest BCUT2D eigenvalue weighted by atomic mass is 9.99. The number of rotatable bonds is 5. The third kappa shape index (κ3) is 4.15. The van der Waals surface area contributed by atoms with Crippen molar-refractivity contribution in [2.75, 3.05) is 33.1 Å². The number of nitrogens with one attached hydrogen (secondary N) is 1. The molecule has 1 saturated heterocycles. The fraction of sp³-hybridized carbons (Fsp3) is 0.588. The number of carbonyl (C=O) groups is 1. The number of sulfonamides is 1. The monoisotopic (exact) mass is 354 g/mol. The summed E-state index contributed by atoms with van der Waals surface area (Å²) < 4.78 is 30.8. The zero-order valence-corrected chi connectivity index (χ0v) is 15.7. The van der Waals surface area contributed by atoms with Gasteiger partial charge in [-0.1, -0.05) is 6.07 Å². The van der Waals surface area contributed by atoms with Crippen LogP contribution in [0.3, 0.4) is 0 Å². The molecule has 1 aromatic rings. The molecule has 0 bridgehead atoms. The van der Waals surface area contributed by atoms with Crippen molar-refractivity contribution in [2.24, 2.45) is 5.92 Å². The highest BCUT2D eigenvalue weighted by Crippen LogP contribution is 2.20. The number of carbonyl (C=O) groups excluding carboxylic acids is 1. The molecule has 1 aromatic carbocycles. The minimum Gasteiger partial charge on any atom is -0.379 e. The fourth-order valence-electron chi connectivity index (χ4n) is 2.79. The first-order valence-corrected chi connectivity index (χ1v) is 9.59. The first kappa shape index (κ1) is 18.9. The van der Waals surface area contributed by atoms with Crippen LogP contribution in [-0.4, -0.2) is 57.7 Å². The molecule has 1 aliphatic heterocycles. The predicted octanol–water partition coefficient (Wildman–Crippen LogP) is 1.25. The summed E-state index contributed by atoms with van der Waals surface area (Å²) in [6.07, 6.45) is 0. The quantitative estimate of drug-likeness (QED) is 0.863. The molecule has 0 spiro atoms. The minimum atomic E-state index is -3.33.